The van der Waals surface area contributed by atoms with Gasteiger partial charge < -0.3 is 20.3 Å². The third-order valence-corrected chi connectivity index (χ3v) is 8.22. The van der Waals surface area contributed by atoms with Gasteiger partial charge >= 0.3 is 11.6 Å². The third-order valence-electron chi connectivity index (χ3n) is 8.22. The maximum absolute atomic E-state index is 15.7. The molecule has 2 aliphatic heterocycles. The molecule has 0 bridgehead atoms. The molecule has 2 atom stereocenters. The lowest BCUT2D eigenvalue weighted by Gasteiger charge is -2.47. The van der Waals surface area contributed by atoms with Gasteiger partial charge in [0, 0.05) is 30.8 Å². The van der Waals surface area contributed by atoms with Gasteiger partial charge in [-0.25, -0.2) is 13.8 Å². The molecule has 2 aliphatic rings. The first-order chi connectivity index (χ1) is 20.9. The Morgan fingerprint density at radius 1 is 1.13 bits per heavy atom. The average molecular weight is 633 g/mol. The third kappa shape index (κ3) is 7.25. The summed E-state index contributed by atoms with van der Waals surface area (Å²) < 4.78 is 40.4. The van der Waals surface area contributed by atoms with Gasteiger partial charge in [0.1, 0.15) is 29.9 Å². The molecule has 0 amide bonds. The Labute approximate surface area is 260 Å². The number of hydrogen-bond acceptors (Lipinski definition) is 10. The average Bonchev–Trinajstić information content (AvgIpc) is 3.53. The van der Waals surface area contributed by atoms with E-state index >= 15 is 8.78 Å². The summed E-state index contributed by atoms with van der Waals surface area (Å²) in [7, 11) is 1.42. The highest BCUT2D eigenvalue weighted by Gasteiger charge is 2.44. The lowest BCUT2D eigenvalue weighted by atomic mass is 9.84. The zero-order valence-electron chi connectivity index (χ0n) is 26.9. The highest BCUT2D eigenvalue weighted by Crippen LogP contribution is 2.39. The van der Waals surface area contributed by atoms with Crippen molar-refractivity contribution in [3.8, 4) is 11.4 Å². The van der Waals surface area contributed by atoms with Crippen molar-refractivity contribution < 1.29 is 28.3 Å². The fraction of sp³-hybridized carbons (Fsp3) is 0.633. The standard InChI is InChI=1S/C30H43F2N9O4/c1-28(2)14-18(11-19-9-8-10-40(19)28)34-25-21(32)15-33-26(39(25)16-29(3,4)43)35-22-13-23(41-27(42)38(7)36-37-41)24(12-20(22)31)45-17-30(5,6)44/h12-13,15,18-19,43-44H,8-11,14,16-17H2,1-7H3,(H,33,34,35)/p+1/t18-,19+/m1/s1. The second kappa shape index (κ2) is 11.9. The van der Waals surface area contributed by atoms with Crippen LogP contribution in [0.2, 0.25) is 0 Å². The van der Waals surface area contributed by atoms with Crippen LogP contribution in [0, 0.1) is 11.6 Å². The second-order valence-corrected chi connectivity index (χ2v) is 14.1. The number of aromatic nitrogens is 6. The maximum atomic E-state index is 15.7. The monoisotopic (exact) mass is 632 g/mol. The van der Waals surface area contributed by atoms with Crippen molar-refractivity contribution in [3.63, 3.8) is 0 Å². The van der Waals surface area contributed by atoms with Crippen molar-refractivity contribution in [2.24, 2.45) is 7.05 Å². The first-order valence-corrected chi connectivity index (χ1v) is 15.2. The number of piperidine rings is 1. The van der Waals surface area contributed by atoms with Crippen LogP contribution in [0.25, 0.3) is 5.69 Å². The van der Waals surface area contributed by atoms with Crippen LogP contribution in [-0.2, 0) is 13.6 Å². The molecule has 13 nitrogen and oxygen atoms in total. The number of rotatable bonds is 10. The zero-order valence-corrected chi connectivity index (χ0v) is 26.9. The highest BCUT2D eigenvalue weighted by molar-refractivity contribution is 5.62. The minimum atomic E-state index is -1.29. The number of halogens is 2. The predicted molar refractivity (Wildman–Crippen MR) is 163 cm³/mol. The molecule has 2 aromatic heterocycles. The van der Waals surface area contributed by atoms with Gasteiger partial charge in [0.25, 0.3) is 0 Å². The summed E-state index contributed by atoms with van der Waals surface area (Å²) in [5.74, 6) is -1.26. The Morgan fingerprint density at radius 2 is 1.87 bits per heavy atom. The van der Waals surface area contributed by atoms with Crippen LogP contribution in [0.5, 0.6) is 5.75 Å². The highest BCUT2D eigenvalue weighted by atomic mass is 19.1. The van der Waals surface area contributed by atoms with Crippen LogP contribution in [0.3, 0.4) is 0 Å². The summed E-state index contributed by atoms with van der Waals surface area (Å²) in [5, 5.41) is 35.0. The van der Waals surface area contributed by atoms with E-state index in [1.807, 2.05) is 0 Å². The first-order valence-electron chi connectivity index (χ1n) is 15.2. The molecule has 2 saturated heterocycles. The van der Waals surface area contributed by atoms with E-state index in [9.17, 15) is 15.0 Å². The molecule has 5 rings (SSSR count). The summed E-state index contributed by atoms with van der Waals surface area (Å²) in [4.78, 5) is 19.5. The summed E-state index contributed by atoms with van der Waals surface area (Å²) in [5.41, 5.74) is -3.27. The van der Waals surface area contributed by atoms with Gasteiger partial charge in [-0.15, -0.1) is 4.98 Å². The van der Waals surface area contributed by atoms with Gasteiger partial charge in [-0.2, -0.15) is 13.8 Å². The number of nitrogens with one attached hydrogen (secondary N) is 2. The van der Waals surface area contributed by atoms with Gasteiger partial charge in [-0.3, -0.25) is 10.2 Å². The van der Waals surface area contributed by atoms with Crippen molar-refractivity contribution in [2.75, 3.05) is 23.8 Å². The SMILES string of the molecule is Cn1nnn(-c2cc(Nc3ncc(F)c(N[C@@H]4C[C@@H]5CCCN5C(C)(C)C4)[n+]3CC(C)(C)O)c(F)cc2OCC(C)(C)O)c1=O. The molecule has 0 unspecified atom stereocenters. The molecule has 45 heavy (non-hydrogen) atoms. The maximum Gasteiger partial charge on any atom is 0.368 e. The van der Waals surface area contributed by atoms with Gasteiger partial charge in [-0.1, -0.05) is 0 Å². The molecule has 246 valence electrons. The summed E-state index contributed by atoms with van der Waals surface area (Å²) in [6.07, 6.45) is 4.89. The van der Waals surface area contributed by atoms with Crippen molar-refractivity contribution in [2.45, 2.75) is 103 Å². The van der Waals surface area contributed by atoms with Crippen LogP contribution in [0.15, 0.2) is 23.1 Å². The van der Waals surface area contributed by atoms with Gasteiger partial charge in [-0.05, 0) is 84.2 Å². The van der Waals surface area contributed by atoms with E-state index in [1.54, 1.807) is 13.8 Å². The minimum Gasteiger partial charge on any atom is -0.488 e. The van der Waals surface area contributed by atoms with Crippen LogP contribution < -0.4 is 25.6 Å². The van der Waals surface area contributed by atoms with E-state index in [1.165, 1.54) is 31.5 Å². The van der Waals surface area contributed by atoms with Crippen molar-refractivity contribution in [1.82, 2.24) is 29.7 Å². The molecule has 4 N–H and O–H groups in total. The van der Waals surface area contributed by atoms with E-state index in [4.69, 9.17) is 4.74 Å². The Morgan fingerprint density at radius 3 is 2.51 bits per heavy atom. The number of benzene rings is 1. The van der Waals surface area contributed by atoms with Gasteiger partial charge in [0.15, 0.2) is 5.82 Å². The summed E-state index contributed by atoms with van der Waals surface area (Å²) >= 11 is 0. The lowest BCUT2D eigenvalue weighted by Crippen LogP contribution is -2.57. The number of aryl methyl sites for hydroxylation is 1. The largest absolute Gasteiger partial charge is 0.488 e. The molecule has 1 aromatic carbocycles. The molecule has 0 saturated carbocycles. The lowest BCUT2D eigenvalue weighted by molar-refractivity contribution is -0.685. The first kappa shape index (κ1) is 32.7. The number of tetrazole rings is 1. The molecule has 0 aliphatic carbocycles. The Kier molecular flexibility index (Phi) is 8.66. The Hall–Kier alpha value is -3.69. The normalized spacial score (nSPS) is 20.2. The number of nitrogens with zero attached hydrogens (tertiary/aromatic N) is 7. The van der Waals surface area contributed by atoms with Crippen LogP contribution in [-0.4, -0.2) is 81.9 Å². The second-order valence-electron chi connectivity index (χ2n) is 14.1. The molecule has 0 radical (unpaired) electrons. The van der Waals surface area contributed by atoms with Crippen molar-refractivity contribution in [3.05, 3.63) is 40.4 Å². The zero-order chi connectivity index (χ0) is 32.9. The number of fused-ring (bicyclic) bond motifs is 1. The van der Waals surface area contributed by atoms with Gasteiger partial charge in [0.05, 0.1) is 23.8 Å². The molecule has 15 heteroatoms. The van der Waals surface area contributed by atoms with E-state index in [0.717, 1.165) is 53.9 Å². The summed E-state index contributed by atoms with van der Waals surface area (Å²) in [6, 6.07) is 2.71. The smallest absolute Gasteiger partial charge is 0.368 e. The Bertz CT molecular complexity index is 1610. The van der Waals surface area contributed by atoms with Crippen molar-refractivity contribution >= 4 is 17.5 Å². The molecule has 0 spiro atoms. The molecule has 2 fully saturated rings. The number of anilines is 3. The minimum absolute atomic E-state index is 0.0452. The molecular weight excluding hydrogens is 588 g/mol. The molecule has 4 heterocycles. The van der Waals surface area contributed by atoms with Crippen LogP contribution in [0.4, 0.5) is 26.2 Å². The number of aliphatic hydroxyl groups is 2. The van der Waals surface area contributed by atoms with E-state index in [-0.39, 0.29) is 53.6 Å². The fourth-order valence-corrected chi connectivity index (χ4v) is 6.34. The van der Waals surface area contributed by atoms with Crippen LogP contribution in [0.1, 0.15) is 67.2 Å². The van der Waals surface area contributed by atoms with E-state index in [0.29, 0.717) is 6.04 Å². The van der Waals surface area contributed by atoms with Crippen molar-refractivity contribution in [1.29, 1.82) is 0 Å². The van der Waals surface area contributed by atoms with E-state index in [2.05, 4.69) is 44.8 Å². The summed E-state index contributed by atoms with van der Waals surface area (Å²) in [6.45, 7) is 11.4. The van der Waals surface area contributed by atoms with E-state index < -0.39 is 28.5 Å². The predicted octanol–water partition coefficient (Wildman–Crippen LogP) is 2.41. The fourth-order valence-electron chi connectivity index (χ4n) is 6.34. The molecular formula is C30H44F2N9O4+. The quantitative estimate of drug-likeness (QED) is 0.246. The number of hydrogen-bond donors (Lipinski definition) is 4. The molecule has 3 aromatic rings. The van der Waals surface area contributed by atoms with Crippen LogP contribution >= 0.6 is 0 Å². The van der Waals surface area contributed by atoms with Gasteiger partial charge in [0.2, 0.25) is 11.6 Å². The number of ether oxygens (including phenoxy) is 1. The Balaban J connectivity index is 1.54. The topological polar surface area (TPSA) is 146 Å².